The number of carbonyl (C=O) groups is 2. The van der Waals surface area contributed by atoms with Gasteiger partial charge >= 0.3 is 6.03 Å². The maximum atomic E-state index is 13.8. The smallest absolute Gasteiger partial charge is 0.319 e. The van der Waals surface area contributed by atoms with Gasteiger partial charge in [-0.15, -0.1) is 0 Å². The lowest BCUT2D eigenvalue weighted by Gasteiger charge is -2.25. The molecule has 0 radical (unpaired) electrons. The number of urea groups is 1. The van der Waals surface area contributed by atoms with E-state index < -0.39 is 29.1 Å². The van der Waals surface area contributed by atoms with Gasteiger partial charge < -0.3 is 5.32 Å². The van der Waals surface area contributed by atoms with Crippen LogP contribution in [0.4, 0.5) is 13.6 Å². The number of rotatable bonds is 4. The van der Waals surface area contributed by atoms with E-state index in [2.05, 4.69) is 5.32 Å². The maximum Gasteiger partial charge on any atom is 0.325 e. The molecule has 1 aliphatic heterocycles. The first-order chi connectivity index (χ1) is 11.5. The van der Waals surface area contributed by atoms with E-state index in [1.165, 1.54) is 36.4 Å². The third kappa shape index (κ3) is 2.54. The van der Waals surface area contributed by atoms with E-state index in [4.69, 9.17) is 0 Å². The van der Waals surface area contributed by atoms with Gasteiger partial charge in [0.15, 0.2) is 0 Å². The molecule has 1 atom stereocenters. The number of hydrogen-bond donors (Lipinski definition) is 1. The van der Waals surface area contributed by atoms with Crippen LogP contribution in [0.3, 0.4) is 0 Å². The molecule has 1 heterocycles. The summed E-state index contributed by atoms with van der Waals surface area (Å²) in [5.41, 5.74) is -0.497. The van der Waals surface area contributed by atoms with Crippen molar-refractivity contribution >= 4 is 11.9 Å². The Hall–Kier alpha value is -2.76. The van der Waals surface area contributed by atoms with Crippen LogP contribution in [0.5, 0.6) is 0 Å². The fourth-order valence-corrected chi connectivity index (χ4v) is 2.94. The van der Waals surface area contributed by atoms with Gasteiger partial charge in [0.1, 0.15) is 17.2 Å². The first-order valence-electron chi connectivity index (χ1n) is 7.61. The third-order valence-electron chi connectivity index (χ3n) is 4.33. The van der Waals surface area contributed by atoms with Gasteiger partial charge in [0.2, 0.25) is 0 Å². The summed E-state index contributed by atoms with van der Waals surface area (Å²) in [6, 6.07) is 10.8. The van der Waals surface area contributed by atoms with Crippen LogP contribution in [0.25, 0.3) is 0 Å². The highest BCUT2D eigenvalue weighted by atomic mass is 19.1. The molecule has 4 nitrogen and oxygen atoms in total. The average Bonchev–Trinajstić information content (AvgIpc) is 2.82. The molecule has 1 unspecified atom stereocenters. The summed E-state index contributed by atoms with van der Waals surface area (Å²) < 4.78 is 27.0. The van der Waals surface area contributed by atoms with Crippen molar-refractivity contribution in [3.05, 3.63) is 71.3 Å². The summed E-state index contributed by atoms with van der Waals surface area (Å²) >= 11 is 0. The van der Waals surface area contributed by atoms with Crippen molar-refractivity contribution in [3.63, 3.8) is 0 Å². The number of halogens is 2. The van der Waals surface area contributed by atoms with E-state index >= 15 is 0 Å². The Morgan fingerprint density at radius 1 is 1.04 bits per heavy atom. The van der Waals surface area contributed by atoms with Crippen LogP contribution in [-0.4, -0.2) is 16.8 Å². The molecule has 0 spiro atoms. The Bertz CT molecular complexity index is 792. The molecule has 0 aromatic heterocycles. The highest BCUT2D eigenvalue weighted by Gasteiger charge is 2.51. The predicted molar refractivity (Wildman–Crippen MR) is 83.9 cm³/mol. The van der Waals surface area contributed by atoms with Crippen LogP contribution >= 0.6 is 0 Å². The summed E-state index contributed by atoms with van der Waals surface area (Å²) in [4.78, 5) is 26.2. The van der Waals surface area contributed by atoms with Gasteiger partial charge in [-0.25, -0.2) is 13.6 Å². The molecule has 3 amide bonds. The standard InChI is InChI=1S/C18H16F2N2O2/c1-2-18(13-7-9-14(19)10-8-13)16(23)22(17(24)21-18)11-12-5-3-4-6-15(12)20/h3-10H,2,11H2,1H3,(H,21,24). The van der Waals surface area contributed by atoms with Gasteiger partial charge in [0.25, 0.3) is 5.91 Å². The summed E-state index contributed by atoms with van der Waals surface area (Å²) in [6.07, 6.45) is 0.303. The van der Waals surface area contributed by atoms with E-state index in [1.54, 1.807) is 19.1 Å². The van der Waals surface area contributed by atoms with Crippen molar-refractivity contribution in [1.29, 1.82) is 0 Å². The third-order valence-corrected chi connectivity index (χ3v) is 4.33. The van der Waals surface area contributed by atoms with Gasteiger partial charge in [0, 0.05) is 5.56 Å². The van der Waals surface area contributed by atoms with Crippen molar-refractivity contribution in [2.24, 2.45) is 0 Å². The summed E-state index contributed by atoms with van der Waals surface area (Å²) in [6.45, 7) is 1.61. The Balaban J connectivity index is 1.95. The monoisotopic (exact) mass is 330 g/mol. The summed E-state index contributed by atoms with van der Waals surface area (Å²) in [5, 5.41) is 2.68. The Labute approximate surface area is 138 Å². The van der Waals surface area contributed by atoms with Crippen molar-refractivity contribution in [1.82, 2.24) is 10.2 Å². The quantitative estimate of drug-likeness (QED) is 0.874. The van der Waals surface area contributed by atoms with Crippen LogP contribution in [0.1, 0.15) is 24.5 Å². The SMILES string of the molecule is CCC1(c2ccc(F)cc2)NC(=O)N(Cc2ccccc2F)C1=O. The van der Waals surface area contributed by atoms with Crippen molar-refractivity contribution < 1.29 is 18.4 Å². The molecule has 1 fully saturated rings. The first-order valence-corrected chi connectivity index (χ1v) is 7.61. The van der Waals surface area contributed by atoms with E-state index in [0.29, 0.717) is 12.0 Å². The van der Waals surface area contributed by atoms with Gasteiger partial charge in [-0.05, 0) is 30.2 Å². The number of hydrogen-bond acceptors (Lipinski definition) is 2. The van der Waals surface area contributed by atoms with Crippen molar-refractivity contribution in [2.45, 2.75) is 25.4 Å². The number of nitrogens with zero attached hydrogens (tertiary/aromatic N) is 1. The Kier molecular flexibility index (Phi) is 4.05. The van der Waals surface area contributed by atoms with Gasteiger partial charge in [-0.1, -0.05) is 37.3 Å². The molecule has 0 aliphatic carbocycles. The number of imide groups is 1. The molecule has 1 N–H and O–H groups in total. The van der Waals surface area contributed by atoms with Crippen LogP contribution in [0.15, 0.2) is 48.5 Å². The fraction of sp³-hybridized carbons (Fsp3) is 0.222. The average molecular weight is 330 g/mol. The molecular weight excluding hydrogens is 314 g/mol. The van der Waals surface area contributed by atoms with E-state index in [1.807, 2.05) is 0 Å². The zero-order chi connectivity index (χ0) is 17.3. The molecule has 2 aromatic rings. The zero-order valence-corrected chi connectivity index (χ0v) is 13.1. The molecule has 24 heavy (non-hydrogen) atoms. The minimum atomic E-state index is -1.25. The molecule has 124 valence electrons. The molecule has 0 bridgehead atoms. The maximum absolute atomic E-state index is 13.8. The molecule has 3 rings (SSSR count). The van der Waals surface area contributed by atoms with E-state index in [0.717, 1.165) is 4.90 Å². The van der Waals surface area contributed by atoms with Crippen LogP contribution in [-0.2, 0) is 16.9 Å². The lowest BCUT2D eigenvalue weighted by molar-refractivity contribution is -0.132. The Morgan fingerprint density at radius 2 is 1.71 bits per heavy atom. The Morgan fingerprint density at radius 3 is 2.33 bits per heavy atom. The minimum absolute atomic E-state index is 0.152. The largest absolute Gasteiger partial charge is 0.325 e. The molecular formula is C18H16F2N2O2. The van der Waals surface area contributed by atoms with Crippen LogP contribution in [0, 0.1) is 11.6 Å². The van der Waals surface area contributed by atoms with Crippen molar-refractivity contribution in [2.75, 3.05) is 0 Å². The van der Waals surface area contributed by atoms with E-state index in [9.17, 15) is 18.4 Å². The van der Waals surface area contributed by atoms with Crippen LogP contribution in [0.2, 0.25) is 0 Å². The van der Waals surface area contributed by atoms with Crippen molar-refractivity contribution in [3.8, 4) is 0 Å². The highest BCUT2D eigenvalue weighted by Crippen LogP contribution is 2.33. The topological polar surface area (TPSA) is 49.4 Å². The molecule has 1 saturated heterocycles. The summed E-state index contributed by atoms with van der Waals surface area (Å²) in [5.74, 6) is -1.37. The second-order valence-corrected chi connectivity index (χ2v) is 5.68. The second kappa shape index (κ2) is 6.03. The fourth-order valence-electron chi connectivity index (χ4n) is 2.94. The normalized spacial score (nSPS) is 20.4. The minimum Gasteiger partial charge on any atom is -0.319 e. The highest BCUT2D eigenvalue weighted by molar-refractivity contribution is 6.07. The van der Waals surface area contributed by atoms with Crippen LogP contribution < -0.4 is 5.32 Å². The van der Waals surface area contributed by atoms with E-state index in [-0.39, 0.29) is 12.1 Å². The number of carbonyl (C=O) groups excluding carboxylic acids is 2. The van der Waals surface area contributed by atoms with Gasteiger partial charge in [-0.3, -0.25) is 9.69 Å². The van der Waals surface area contributed by atoms with Gasteiger partial charge in [-0.2, -0.15) is 0 Å². The zero-order valence-electron chi connectivity index (χ0n) is 13.1. The molecule has 0 saturated carbocycles. The predicted octanol–water partition coefficient (Wildman–Crippen LogP) is 3.32. The first kappa shape index (κ1) is 16.1. The lowest BCUT2D eigenvalue weighted by atomic mass is 9.87. The number of nitrogens with one attached hydrogen (secondary N) is 1. The summed E-state index contributed by atoms with van der Waals surface area (Å²) in [7, 11) is 0. The molecule has 2 aromatic carbocycles. The molecule has 1 aliphatic rings. The second-order valence-electron chi connectivity index (χ2n) is 5.68. The van der Waals surface area contributed by atoms with Gasteiger partial charge in [0.05, 0.1) is 6.54 Å². The molecule has 6 heteroatoms. The number of benzene rings is 2. The lowest BCUT2D eigenvalue weighted by Crippen LogP contribution is -2.43. The number of amides is 3.